The van der Waals surface area contributed by atoms with Crippen LogP contribution in [0.1, 0.15) is 0 Å². The van der Waals surface area contributed by atoms with Crippen LogP contribution in [-0.4, -0.2) is 42.7 Å². The van der Waals surface area contributed by atoms with Crippen LogP contribution < -0.4 is 32.8 Å². The highest BCUT2D eigenvalue weighted by Crippen LogP contribution is 2.28. The molecule has 84 heavy (non-hydrogen) atoms. The van der Waals surface area contributed by atoms with E-state index in [1.54, 1.807) is 0 Å². The van der Waals surface area contributed by atoms with E-state index in [4.69, 9.17) is 27.4 Å². The van der Waals surface area contributed by atoms with Crippen LogP contribution in [0.5, 0.6) is 0 Å². The molecular formula is C72H54B6O6. The molecule has 0 radical (unpaired) electrons. The predicted molar refractivity (Wildman–Crippen MR) is 350 cm³/mol. The monoisotopic (exact) mass is 1080 g/mol. The van der Waals surface area contributed by atoms with Crippen molar-refractivity contribution in [3.8, 4) is 66.8 Å². The molecule has 0 amide bonds. The van der Waals surface area contributed by atoms with Gasteiger partial charge in [0, 0.05) is 0 Å². The Labute approximate surface area is 494 Å². The summed E-state index contributed by atoms with van der Waals surface area (Å²) < 4.78 is 40.4. The lowest BCUT2D eigenvalue weighted by atomic mass is 9.59. The molecule has 0 N–H and O–H groups in total. The molecule has 12 aromatic carbocycles. The van der Waals surface area contributed by atoms with Crippen molar-refractivity contribution < 1.29 is 27.4 Å². The zero-order chi connectivity index (χ0) is 56.3. The van der Waals surface area contributed by atoms with Gasteiger partial charge in [0.2, 0.25) is 0 Å². The molecule has 396 valence electrons. The molecule has 0 bridgehead atoms. The van der Waals surface area contributed by atoms with E-state index in [0.29, 0.717) is 0 Å². The van der Waals surface area contributed by atoms with Crippen LogP contribution in [0.4, 0.5) is 0 Å². The molecule has 0 aliphatic carbocycles. The highest BCUT2D eigenvalue weighted by atomic mass is 16.7. The molecule has 6 nitrogen and oxygen atoms in total. The van der Waals surface area contributed by atoms with Crippen LogP contribution in [0.3, 0.4) is 0 Å². The van der Waals surface area contributed by atoms with Crippen LogP contribution in [0, 0.1) is 0 Å². The predicted octanol–water partition coefficient (Wildman–Crippen LogP) is 12.5. The number of benzene rings is 12. The third kappa shape index (κ3) is 12.0. The molecule has 0 atom stereocenters. The summed E-state index contributed by atoms with van der Waals surface area (Å²) in [5.74, 6) is 0. The second-order valence-electron chi connectivity index (χ2n) is 20.5. The van der Waals surface area contributed by atoms with Crippen molar-refractivity contribution in [3.05, 3.63) is 328 Å². The Hall–Kier alpha value is -9.21. The van der Waals surface area contributed by atoms with Crippen molar-refractivity contribution in [1.29, 1.82) is 0 Å². The average molecular weight is 1080 g/mol. The minimum absolute atomic E-state index is 0.669. The Bertz CT molecular complexity index is 3400. The average Bonchev–Trinajstić information content (AvgIpc) is 3.52. The number of rotatable bonds is 12. The summed E-state index contributed by atoms with van der Waals surface area (Å²) in [6.45, 7) is 0. The van der Waals surface area contributed by atoms with Gasteiger partial charge in [0.1, 0.15) is 0 Å². The largest absolute Gasteiger partial charge is 0.467 e. The Morgan fingerprint density at radius 1 is 0.131 bits per heavy atom. The van der Waals surface area contributed by atoms with Crippen molar-refractivity contribution >= 4 is 75.5 Å². The van der Waals surface area contributed by atoms with E-state index in [0.717, 1.165) is 99.5 Å². The summed E-state index contributed by atoms with van der Waals surface area (Å²) in [7, 11) is -4.01. The molecule has 0 aromatic heterocycles. The lowest BCUT2D eigenvalue weighted by Crippen LogP contribution is -2.62. The lowest BCUT2D eigenvalue weighted by Gasteiger charge is -2.33. The second kappa shape index (κ2) is 25.9. The third-order valence-electron chi connectivity index (χ3n) is 15.3. The van der Waals surface area contributed by atoms with Crippen LogP contribution in [-0.2, 0) is 27.4 Å². The first-order valence-corrected chi connectivity index (χ1v) is 28.5. The van der Waals surface area contributed by atoms with E-state index >= 15 is 0 Å². The molecule has 0 unspecified atom stereocenters. The molecule has 0 saturated carbocycles. The molecular weight excluding hydrogens is 1030 g/mol. The van der Waals surface area contributed by atoms with Gasteiger partial charge in [0.15, 0.2) is 0 Å². The van der Waals surface area contributed by atoms with Crippen molar-refractivity contribution in [2.24, 2.45) is 0 Å². The summed E-state index contributed by atoms with van der Waals surface area (Å²) in [6.07, 6.45) is 0. The zero-order valence-corrected chi connectivity index (χ0v) is 46.1. The minimum Gasteiger partial charge on any atom is -0.445 e. The Kier molecular flexibility index (Phi) is 16.7. The zero-order valence-electron chi connectivity index (χ0n) is 46.1. The fourth-order valence-electron chi connectivity index (χ4n) is 11.2. The van der Waals surface area contributed by atoms with Gasteiger partial charge in [-0.2, -0.15) is 0 Å². The van der Waals surface area contributed by atoms with Crippen molar-refractivity contribution in [2.45, 2.75) is 0 Å². The summed E-state index contributed by atoms with van der Waals surface area (Å²) in [6, 6.07) is 112. The first kappa shape index (κ1) is 54.1. The third-order valence-corrected chi connectivity index (χ3v) is 15.3. The van der Waals surface area contributed by atoms with Gasteiger partial charge in [-0.25, -0.2) is 0 Å². The van der Waals surface area contributed by atoms with Gasteiger partial charge in [-0.15, -0.1) is 0 Å². The molecule has 14 rings (SSSR count). The molecule has 2 aliphatic rings. The van der Waals surface area contributed by atoms with E-state index in [1.165, 1.54) is 0 Å². The summed E-state index contributed by atoms with van der Waals surface area (Å²) >= 11 is 0. The maximum atomic E-state index is 6.74. The van der Waals surface area contributed by atoms with Crippen molar-refractivity contribution in [3.63, 3.8) is 0 Å². The van der Waals surface area contributed by atoms with Crippen LogP contribution >= 0.6 is 0 Å². The summed E-state index contributed by atoms with van der Waals surface area (Å²) in [5.41, 5.74) is 18.8. The van der Waals surface area contributed by atoms with Crippen LogP contribution in [0.15, 0.2) is 328 Å². The molecule has 0 spiro atoms. The summed E-state index contributed by atoms with van der Waals surface area (Å²) in [5, 5.41) is 0. The standard InChI is InChI=1S/2C36H27B3O3/c2*1-4-16-28(17-5-1)31-22-10-13-25-34(31)37-40-38(35-26-14-11-23-32(35)29-18-6-2-7-19-29)42-39(41-37)36-27-15-12-24-33(36)30-20-8-3-9-21-30/h2*1-27H. The topological polar surface area (TPSA) is 55.4 Å². The first-order chi connectivity index (χ1) is 41.7. The van der Waals surface area contributed by atoms with Crippen LogP contribution in [0.25, 0.3) is 66.8 Å². The fraction of sp³-hybridized carbons (Fsp3) is 0. The molecule has 2 aliphatic heterocycles. The molecule has 2 saturated heterocycles. The minimum atomic E-state index is -0.669. The van der Waals surface area contributed by atoms with Gasteiger partial charge in [-0.3, -0.25) is 0 Å². The molecule has 12 heteroatoms. The van der Waals surface area contributed by atoms with Gasteiger partial charge in [0.05, 0.1) is 0 Å². The lowest BCUT2D eigenvalue weighted by molar-refractivity contribution is 0.307. The normalized spacial score (nSPS) is 13.3. The first-order valence-electron chi connectivity index (χ1n) is 28.5. The molecule has 2 heterocycles. The van der Waals surface area contributed by atoms with Crippen LogP contribution in [0.2, 0.25) is 0 Å². The highest BCUT2D eigenvalue weighted by Gasteiger charge is 2.47. The summed E-state index contributed by atoms with van der Waals surface area (Å²) in [4.78, 5) is 0. The highest BCUT2D eigenvalue weighted by molar-refractivity contribution is 6.89. The SMILES string of the molecule is c1ccc(-c2ccccc2B2OB(c3ccccc3-c3ccccc3)OB(c3ccccc3-c3ccccc3)O2)cc1.c1ccc(-c2ccccc2B2OB(c3ccccc3-c3ccccc3)OB(c3ccccc3-c3ccccc3)O2)cc1. The molecule has 2 fully saturated rings. The van der Waals surface area contributed by atoms with E-state index in [9.17, 15) is 0 Å². The van der Waals surface area contributed by atoms with Gasteiger partial charge >= 0.3 is 42.7 Å². The molecule has 12 aromatic rings. The van der Waals surface area contributed by atoms with Gasteiger partial charge in [0.25, 0.3) is 0 Å². The van der Waals surface area contributed by atoms with E-state index in [2.05, 4.69) is 255 Å². The smallest absolute Gasteiger partial charge is 0.445 e. The van der Waals surface area contributed by atoms with Gasteiger partial charge in [-0.05, 0) is 99.5 Å². The van der Waals surface area contributed by atoms with Crippen molar-refractivity contribution in [1.82, 2.24) is 0 Å². The van der Waals surface area contributed by atoms with E-state index < -0.39 is 42.7 Å². The maximum absolute atomic E-state index is 6.74. The Morgan fingerprint density at radius 3 is 0.393 bits per heavy atom. The second-order valence-corrected chi connectivity index (χ2v) is 20.5. The number of hydrogen-bond acceptors (Lipinski definition) is 6. The Balaban J connectivity index is 0.000000157. The Morgan fingerprint density at radius 2 is 0.250 bits per heavy atom. The van der Waals surface area contributed by atoms with E-state index in [-0.39, 0.29) is 0 Å². The van der Waals surface area contributed by atoms with Gasteiger partial charge < -0.3 is 27.4 Å². The number of hydrogen-bond donors (Lipinski definition) is 0. The maximum Gasteiger partial charge on any atom is 0.467 e. The van der Waals surface area contributed by atoms with Gasteiger partial charge in [-0.1, -0.05) is 328 Å². The van der Waals surface area contributed by atoms with E-state index in [1.807, 2.05) is 72.8 Å². The quantitative estimate of drug-likeness (QED) is 0.114. The van der Waals surface area contributed by atoms with Crippen molar-refractivity contribution in [2.75, 3.05) is 0 Å². The fourth-order valence-corrected chi connectivity index (χ4v) is 11.2.